The molecule has 0 saturated heterocycles. The molecule has 1 amide bonds. The van der Waals surface area contributed by atoms with Crippen molar-refractivity contribution in [2.75, 3.05) is 19.5 Å². The number of ether oxygens (including phenoxy) is 2. The lowest BCUT2D eigenvalue weighted by atomic mass is 10.1. The Hall–Kier alpha value is -3.46. The molecule has 0 aliphatic rings. The molecule has 8 nitrogen and oxygen atoms in total. The molecule has 3 rings (SSSR count). The van der Waals surface area contributed by atoms with Gasteiger partial charge in [-0.25, -0.2) is 4.98 Å². The topological polar surface area (TPSA) is 104 Å². The van der Waals surface area contributed by atoms with Crippen LogP contribution in [0.3, 0.4) is 0 Å². The van der Waals surface area contributed by atoms with Crippen molar-refractivity contribution in [3.63, 3.8) is 0 Å². The zero-order valence-electron chi connectivity index (χ0n) is 15.9. The van der Waals surface area contributed by atoms with Crippen molar-refractivity contribution < 1.29 is 19.2 Å². The predicted octanol–water partition coefficient (Wildman–Crippen LogP) is 4.31. The van der Waals surface area contributed by atoms with E-state index in [1.54, 1.807) is 37.8 Å². The van der Waals surface area contributed by atoms with Gasteiger partial charge in [0.2, 0.25) is 5.91 Å². The summed E-state index contributed by atoms with van der Waals surface area (Å²) in [6.07, 6.45) is 0.816. The average molecular weight is 413 g/mol. The third kappa shape index (κ3) is 5.08. The molecule has 2 aromatic carbocycles. The lowest BCUT2D eigenvalue weighted by Crippen LogP contribution is -2.12. The summed E-state index contributed by atoms with van der Waals surface area (Å²) in [6.45, 7) is 0. The van der Waals surface area contributed by atoms with Crippen molar-refractivity contribution in [1.82, 2.24) is 4.98 Å². The van der Waals surface area contributed by atoms with E-state index in [-0.39, 0.29) is 18.0 Å². The average Bonchev–Trinajstić information content (AvgIpc) is 3.20. The molecule has 0 bridgehead atoms. The molecule has 9 heteroatoms. The molecule has 0 aliphatic carbocycles. The van der Waals surface area contributed by atoms with E-state index in [1.807, 2.05) is 12.1 Å². The molecule has 0 saturated carbocycles. The van der Waals surface area contributed by atoms with Crippen LogP contribution in [-0.4, -0.2) is 30.0 Å². The van der Waals surface area contributed by atoms with Gasteiger partial charge in [-0.15, -0.1) is 11.3 Å². The number of aryl methyl sites for hydroxylation is 1. The van der Waals surface area contributed by atoms with Crippen molar-refractivity contribution in [2.45, 2.75) is 12.8 Å². The van der Waals surface area contributed by atoms with Crippen LogP contribution in [0.2, 0.25) is 0 Å². The summed E-state index contributed by atoms with van der Waals surface area (Å²) in [5, 5.41) is 15.9. The number of carbonyl (C=O) groups excluding carboxylic acids is 1. The fourth-order valence-electron chi connectivity index (χ4n) is 2.72. The quantitative estimate of drug-likeness (QED) is 0.436. The first-order chi connectivity index (χ1) is 14.0. The number of anilines is 1. The van der Waals surface area contributed by atoms with E-state index < -0.39 is 4.92 Å². The number of rotatable bonds is 8. The predicted molar refractivity (Wildman–Crippen MR) is 111 cm³/mol. The Morgan fingerprint density at radius 2 is 1.97 bits per heavy atom. The van der Waals surface area contributed by atoms with E-state index >= 15 is 0 Å². The number of methoxy groups -OCH3 is 2. The number of nitrogens with zero attached hydrogens (tertiary/aromatic N) is 2. The van der Waals surface area contributed by atoms with Crippen LogP contribution in [0.25, 0.3) is 11.3 Å². The molecule has 0 spiro atoms. The van der Waals surface area contributed by atoms with Gasteiger partial charge in [-0.2, -0.15) is 0 Å². The zero-order valence-corrected chi connectivity index (χ0v) is 16.7. The van der Waals surface area contributed by atoms with E-state index in [4.69, 9.17) is 9.47 Å². The smallest absolute Gasteiger partial charge is 0.270 e. The Balaban J connectivity index is 1.61. The van der Waals surface area contributed by atoms with Crippen LogP contribution in [-0.2, 0) is 11.2 Å². The summed E-state index contributed by atoms with van der Waals surface area (Å²) < 4.78 is 10.5. The highest BCUT2D eigenvalue weighted by atomic mass is 32.1. The van der Waals surface area contributed by atoms with Crippen LogP contribution < -0.4 is 14.8 Å². The molecule has 0 fully saturated rings. The number of non-ortho nitro benzene ring substituents is 1. The van der Waals surface area contributed by atoms with Crippen LogP contribution in [0.5, 0.6) is 11.5 Å². The van der Waals surface area contributed by atoms with Gasteiger partial charge in [-0.1, -0.05) is 18.2 Å². The van der Waals surface area contributed by atoms with Crippen LogP contribution in [0.4, 0.5) is 10.8 Å². The lowest BCUT2D eigenvalue weighted by Gasteiger charge is -2.09. The van der Waals surface area contributed by atoms with Gasteiger partial charge in [0, 0.05) is 29.5 Å². The number of nitro benzene ring substituents is 1. The van der Waals surface area contributed by atoms with Crippen LogP contribution in [0.1, 0.15) is 12.0 Å². The Bertz CT molecular complexity index is 1030. The zero-order chi connectivity index (χ0) is 20.8. The normalized spacial score (nSPS) is 10.4. The monoisotopic (exact) mass is 413 g/mol. The van der Waals surface area contributed by atoms with Crippen molar-refractivity contribution in [3.05, 3.63) is 63.5 Å². The second-order valence-corrected chi connectivity index (χ2v) is 6.94. The van der Waals surface area contributed by atoms with Crippen LogP contribution in [0, 0.1) is 10.1 Å². The minimum atomic E-state index is -0.452. The van der Waals surface area contributed by atoms with Crippen LogP contribution >= 0.6 is 11.3 Å². The molecule has 29 heavy (non-hydrogen) atoms. The Morgan fingerprint density at radius 1 is 1.17 bits per heavy atom. The summed E-state index contributed by atoms with van der Waals surface area (Å²) in [5.74, 6) is 1.09. The minimum absolute atomic E-state index is 0.00370. The van der Waals surface area contributed by atoms with Gasteiger partial charge >= 0.3 is 0 Å². The standard InChI is InChI=1S/C20H19N3O5S/c1-27-17-8-6-13(10-18(17)28-2)7-9-19(24)22-20-21-16(12-29-20)14-4-3-5-15(11-14)23(25)26/h3-6,8,10-12H,7,9H2,1-2H3,(H,21,22,24). The summed E-state index contributed by atoms with van der Waals surface area (Å²) >= 11 is 1.27. The molecule has 1 aromatic heterocycles. The molecule has 150 valence electrons. The number of carbonyl (C=O) groups is 1. The molecule has 1 N–H and O–H groups in total. The fraction of sp³-hybridized carbons (Fsp3) is 0.200. The molecule has 1 heterocycles. The van der Waals surface area contributed by atoms with Gasteiger partial charge in [-0.3, -0.25) is 14.9 Å². The van der Waals surface area contributed by atoms with Crippen molar-refractivity contribution in [2.24, 2.45) is 0 Å². The SMILES string of the molecule is COc1ccc(CCC(=O)Nc2nc(-c3cccc([N+](=O)[O-])c3)cs2)cc1OC. The van der Waals surface area contributed by atoms with Crippen molar-refractivity contribution >= 4 is 28.1 Å². The number of nitrogens with one attached hydrogen (secondary N) is 1. The first-order valence-electron chi connectivity index (χ1n) is 8.71. The van der Waals surface area contributed by atoms with Crippen molar-refractivity contribution in [1.29, 1.82) is 0 Å². The number of thiazole rings is 1. The first kappa shape index (κ1) is 20.3. The van der Waals surface area contributed by atoms with Crippen LogP contribution in [0.15, 0.2) is 47.8 Å². The maximum Gasteiger partial charge on any atom is 0.270 e. The number of nitro groups is 1. The Labute approximate surface area is 171 Å². The van der Waals surface area contributed by atoms with Gasteiger partial charge in [0.25, 0.3) is 5.69 Å². The van der Waals surface area contributed by atoms with E-state index in [0.717, 1.165) is 5.56 Å². The molecule has 0 atom stereocenters. The van der Waals surface area contributed by atoms with Gasteiger partial charge < -0.3 is 14.8 Å². The highest BCUT2D eigenvalue weighted by molar-refractivity contribution is 7.14. The minimum Gasteiger partial charge on any atom is -0.493 e. The Kier molecular flexibility index (Phi) is 6.40. The maximum atomic E-state index is 12.3. The molecular weight excluding hydrogens is 394 g/mol. The second kappa shape index (κ2) is 9.16. The van der Waals surface area contributed by atoms with Crippen molar-refractivity contribution in [3.8, 4) is 22.8 Å². The molecule has 0 unspecified atom stereocenters. The molecule has 0 aliphatic heterocycles. The summed E-state index contributed by atoms with van der Waals surface area (Å²) in [7, 11) is 3.14. The number of hydrogen-bond acceptors (Lipinski definition) is 7. The first-order valence-corrected chi connectivity index (χ1v) is 9.59. The number of hydrogen-bond donors (Lipinski definition) is 1. The second-order valence-electron chi connectivity index (χ2n) is 6.08. The number of benzene rings is 2. The summed E-state index contributed by atoms with van der Waals surface area (Å²) in [5.41, 5.74) is 2.15. The van der Waals surface area contributed by atoms with E-state index in [9.17, 15) is 14.9 Å². The third-order valence-corrected chi connectivity index (χ3v) is 4.95. The van der Waals surface area contributed by atoms with Gasteiger partial charge in [0.05, 0.1) is 24.8 Å². The van der Waals surface area contributed by atoms with Gasteiger partial charge in [0.15, 0.2) is 16.6 Å². The third-order valence-electron chi connectivity index (χ3n) is 4.19. The van der Waals surface area contributed by atoms with Gasteiger partial charge in [-0.05, 0) is 24.1 Å². The van der Waals surface area contributed by atoms with Gasteiger partial charge in [0.1, 0.15) is 0 Å². The highest BCUT2D eigenvalue weighted by Gasteiger charge is 2.12. The van der Waals surface area contributed by atoms with E-state index in [2.05, 4.69) is 10.3 Å². The summed E-state index contributed by atoms with van der Waals surface area (Å²) in [4.78, 5) is 27.1. The largest absolute Gasteiger partial charge is 0.493 e. The Morgan fingerprint density at radius 3 is 2.69 bits per heavy atom. The number of aromatic nitrogens is 1. The lowest BCUT2D eigenvalue weighted by molar-refractivity contribution is -0.384. The highest BCUT2D eigenvalue weighted by Crippen LogP contribution is 2.29. The van der Waals surface area contributed by atoms with E-state index in [0.29, 0.717) is 34.3 Å². The fourth-order valence-corrected chi connectivity index (χ4v) is 3.45. The number of amides is 1. The van der Waals surface area contributed by atoms with E-state index in [1.165, 1.54) is 23.5 Å². The maximum absolute atomic E-state index is 12.3. The summed E-state index contributed by atoms with van der Waals surface area (Å²) in [6, 6.07) is 11.8. The molecular formula is C20H19N3O5S. The molecule has 0 radical (unpaired) electrons. The molecule has 3 aromatic rings.